The zero-order valence-corrected chi connectivity index (χ0v) is 22.5. The smallest absolute Gasteiger partial charge is 0.258 e. The van der Waals surface area contributed by atoms with Gasteiger partial charge in [-0.2, -0.15) is 4.98 Å². The van der Waals surface area contributed by atoms with E-state index in [1.165, 1.54) is 6.33 Å². The monoisotopic (exact) mass is 548 g/mol. The van der Waals surface area contributed by atoms with Gasteiger partial charge in [0.15, 0.2) is 17.8 Å². The predicted octanol–water partition coefficient (Wildman–Crippen LogP) is 3.85. The number of fused-ring (bicyclic) bond motifs is 1. The maximum atomic E-state index is 12.2. The normalized spacial score (nSPS) is 19.4. The van der Waals surface area contributed by atoms with Crippen LogP contribution in [-0.2, 0) is 11.3 Å². The molecular formula is C28H29ClN6O4. The van der Waals surface area contributed by atoms with Gasteiger partial charge < -0.3 is 24.5 Å². The highest BCUT2D eigenvalue weighted by atomic mass is 35.5. The van der Waals surface area contributed by atoms with Gasteiger partial charge in [-0.1, -0.05) is 11.6 Å². The standard InChI is InChI=1S/C28H29ClN6O4/c1-16-5-8-30-18(9-16)13-35-25(34-24-26(35)31-15-32-27(24)39-28(2)6-7-28)21-4-3-20(12-22(21)29)38-14-23(37)33-17-10-19(36)11-17/h3-5,8-9,12,15,17,19,36H,6-7,10-11,13-14H2,1-2H3,(H,33,37). The molecule has 10 nitrogen and oxygen atoms in total. The Morgan fingerprint density at radius 1 is 1.21 bits per heavy atom. The molecule has 0 aliphatic heterocycles. The molecule has 0 unspecified atom stereocenters. The summed E-state index contributed by atoms with van der Waals surface area (Å²) >= 11 is 6.75. The molecule has 202 valence electrons. The Hall–Kier alpha value is -3.76. The van der Waals surface area contributed by atoms with Gasteiger partial charge in [-0.05, 0) is 75.4 Å². The molecule has 0 atom stereocenters. The quantitative estimate of drug-likeness (QED) is 0.323. The summed E-state index contributed by atoms with van der Waals surface area (Å²) in [5, 5.41) is 12.6. The number of carbonyl (C=O) groups excluding carboxylic acids is 1. The lowest BCUT2D eigenvalue weighted by Gasteiger charge is -2.31. The Labute approximate surface area is 230 Å². The van der Waals surface area contributed by atoms with E-state index in [0.29, 0.717) is 58.6 Å². The predicted molar refractivity (Wildman–Crippen MR) is 145 cm³/mol. The number of aromatic nitrogens is 5. The van der Waals surface area contributed by atoms with Crippen molar-refractivity contribution in [2.75, 3.05) is 6.61 Å². The lowest BCUT2D eigenvalue weighted by atomic mass is 9.89. The van der Waals surface area contributed by atoms with Crippen LogP contribution in [0, 0.1) is 6.92 Å². The second-order valence-electron chi connectivity index (χ2n) is 10.6. The van der Waals surface area contributed by atoms with E-state index in [1.54, 1.807) is 18.3 Å². The maximum absolute atomic E-state index is 12.2. The highest BCUT2D eigenvalue weighted by molar-refractivity contribution is 6.33. The fourth-order valence-corrected chi connectivity index (χ4v) is 4.85. The third-order valence-corrected chi connectivity index (χ3v) is 7.43. The molecule has 0 spiro atoms. The maximum Gasteiger partial charge on any atom is 0.258 e. The number of carbonyl (C=O) groups is 1. The molecule has 3 heterocycles. The highest BCUT2D eigenvalue weighted by Gasteiger charge is 2.41. The van der Waals surface area contributed by atoms with E-state index < -0.39 is 0 Å². The number of rotatable bonds is 9. The van der Waals surface area contributed by atoms with Crippen LogP contribution in [0.4, 0.5) is 0 Å². The van der Waals surface area contributed by atoms with Crippen LogP contribution in [0.25, 0.3) is 22.6 Å². The molecule has 0 saturated heterocycles. The van der Waals surface area contributed by atoms with Crippen LogP contribution >= 0.6 is 11.6 Å². The van der Waals surface area contributed by atoms with Crippen molar-refractivity contribution in [3.63, 3.8) is 0 Å². The van der Waals surface area contributed by atoms with Gasteiger partial charge in [0.1, 0.15) is 23.5 Å². The van der Waals surface area contributed by atoms with Crippen molar-refractivity contribution in [2.24, 2.45) is 0 Å². The number of imidazole rings is 1. The Morgan fingerprint density at radius 2 is 2.03 bits per heavy atom. The number of aryl methyl sites for hydroxylation is 1. The number of hydrogen-bond acceptors (Lipinski definition) is 8. The largest absolute Gasteiger partial charge is 0.484 e. The molecule has 1 amide bonds. The first-order chi connectivity index (χ1) is 18.8. The van der Waals surface area contributed by atoms with Gasteiger partial charge in [0, 0.05) is 17.8 Å². The van der Waals surface area contributed by atoms with Gasteiger partial charge >= 0.3 is 0 Å². The molecule has 0 radical (unpaired) electrons. The second-order valence-corrected chi connectivity index (χ2v) is 11.0. The van der Waals surface area contributed by atoms with E-state index in [1.807, 2.05) is 29.7 Å². The molecule has 4 aromatic rings. The third-order valence-electron chi connectivity index (χ3n) is 7.12. The first kappa shape index (κ1) is 25.5. The van der Waals surface area contributed by atoms with E-state index >= 15 is 0 Å². The van der Waals surface area contributed by atoms with Gasteiger partial charge in [0.25, 0.3) is 5.91 Å². The molecule has 3 aromatic heterocycles. The summed E-state index contributed by atoms with van der Waals surface area (Å²) in [7, 11) is 0. The molecule has 39 heavy (non-hydrogen) atoms. The summed E-state index contributed by atoms with van der Waals surface area (Å²) in [6.07, 6.45) is 6.01. The fraction of sp³-hybridized carbons (Fsp3) is 0.393. The first-order valence-corrected chi connectivity index (χ1v) is 13.4. The number of hydrogen-bond donors (Lipinski definition) is 2. The minimum atomic E-state index is -0.334. The molecule has 1 aromatic carbocycles. The van der Waals surface area contributed by atoms with Crippen LogP contribution in [0.3, 0.4) is 0 Å². The molecule has 11 heteroatoms. The summed E-state index contributed by atoms with van der Waals surface area (Å²) in [6.45, 7) is 4.36. The third kappa shape index (κ3) is 5.53. The summed E-state index contributed by atoms with van der Waals surface area (Å²) in [5.74, 6) is 1.26. The molecule has 0 bridgehead atoms. The Kier molecular flexibility index (Phi) is 6.60. The number of aliphatic hydroxyl groups excluding tert-OH is 1. The van der Waals surface area contributed by atoms with E-state index in [-0.39, 0.29) is 30.3 Å². The van der Waals surface area contributed by atoms with Gasteiger partial charge in [-0.3, -0.25) is 9.78 Å². The summed E-state index contributed by atoms with van der Waals surface area (Å²) < 4.78 is 13.8. The van der Waals surface area contributed by atoms with E-state index in [9.17, 15) is 9.90 Å². The molecular weight excluding hydrogens is 520 g/mol. The van der Waals surface area contributed by atoms with Crippen LogP contribution in [0.1, 0.15) is 43.9 Å². The highest BCUT2D eigenvalue weighted by Crippen LogP contribution is 2.41. The Bertz CT molecular complexity index is 1550. The van der Waals surface area contributed by atoms with Crippen LogP contribution in [0.5, 0.6) is 11.6 Å². The summed E-state index contributed by atoms with van der Waals surface area (Å²) in [6, 6.07) is 9.21. The number of benzene rings is 1. The number of ether oxygens (including phenoxy) is 2. The minimum Gasteiger partial charge on any atom is -0.484 e. The van der Waals surface area contributed by atoms with Crippen molar-refractivity contribution in [2.45, 2.75) is 63.8 Å². The molecule has 2 saturated carbocycles. The Morgan fingerprint density at radius 3 is 2.74 bits per heavy atom. The minimum absolute atomic E-state index is 0.00239. The average molecular weight is 549 g/mol. The zero-order chi connectivity index (χ0) is 27.1. The van der Waals surface area contributed by atoms with Crippen molar-refractivity contribution in [1.82, 2.24) is 29.8 Å². The number of nitrogens with one attached hydrogen (secondary N) is 1. The van der Waals surface area contributed by atoms with Gasteiger partial charge in [-0.25, -0.2) is 9.97 Å². The fourth-order valence-electron chi connectivity index (χ4n) is 4.60. The van der Waals surface area contributed by atoms with E-state index in [4.69, 9.17) is 26.1 Å². The molecule has 6 rings (SSSR count). The van der Waals surface area contributed by atoms with Gasteiger partial charge in [0.2, 0.25) is 5.88 Å². The number of halogens is 1. The van der Waals surface area contributed by atoms with Gasteiger partial charge in [-0.15, -0.1) is 0 Å². The lowest BCUT2D eigenvalue weighted by molar-refractivity contribution is -0.125. The molecule has 2 fully saturated rings. The van der Waals surface area contributed by atoms with Crippen molar-refractivity contribution in [3.05, 3.63) is 59.1 Å². The van der Waals surface area contributed by atoms with Crippen molar-refractivity contribution >= 4 is 28.7 Å². The second kappa shape index (κ2) is 10.1. The average Bonchev–Trinajstić information content (AvgIpc) is 3.50. The first-order valence-electron chi connectivity index (χ1n) is 13.0. The topological polar surface area (TPSA) is 124 Å². The van der Waals surface area contributed by atoms with Crippen molar-refractivity contribution in [3.8, 4) is 23.0 Å². The number of amides is 1. The van der Waals surface area contributed by atoms with Crippen molar-refractivity contribution in [1.29, 1.82) is 0 Å². The lowest BCUT2D eigenvalue weighted by Crippen LogP contribution is -2.48. The SMILES string of the molecule is Cc1ccnc(Cn2c(-c3ccc(OCC(=O)NC4CC(O)C4)cc3Cl)nc3c(OC4(C)CC4)ncnc32)c1. The molecule has 2 N–H and O–H groups in total. The number of pyridine rings is 1. The Balaban J connectivity index is 1.31. The number of nitrogens with zero attached hydrogens (tertiary/aromatic N) is 5. The van der Waals surface area contributed by atoms with Crippen molar-refractivity contribution < 1.29 is 19.4 Å². The van der Waals surface area contributed by atoms with Crippen LogP contribution in [-0.4, -0.2) is 59.9 Å². The van der Waals surface area contributed by atoms with Gasteiger partial charge in [0.05, 0.1) is 23.4 Å². The molecule has 2 aliphatic rings. The van der Waals surface area contributed by atoms with Crippen LogP contribution < -0.4 is 14.8 Å². The molecule has 2 aliphatic carbocycles. The van der Waals surface area contributed by atoms with Crippen LogP contribution in [0.15, 0.2) is 42.9 Å². The van der Waals surface area contributed by atoms with E-state index in [2.05, 4.69) is 27.2 Å². The summed E-state index contributed by atoms with van der Waals surface area (Å²) in [5.41, 5.74) is 3.57. The zero-order valence-electron chi connectivity index (χ0n) is 21.7. The van der Waals surface area contributed by atoms with Crippen LogP contribution in [0.2, 0.25) is 5.02 Å². The summed E-state index contributed by atoms with van der Waals surface area (Å²) in [4.78, 5) is 30.6. The number of aliphatic hydroxyl groups is 1. The van der Waals surface area contributed by atoms with E-state index in [0.717, 1.165) is 24.1 Å².